The second-order valence-electron chi connectivity index (χ2n) is 7.33. The normalized spacial score (nSPS) is 31.2. The highest BCUT2D eigenvalue weighted by Gasteiger charge is 2.58. The molecule has 0 aromatic carbocycles. The summed E-state index contributed by atoms with van der Waals surface area (Å²) in [5.41, 5.74) is -0.199. The fraction of sp³-hybridized carbons (Fsp3) is 0.632. The topological polar surface area (TPSA) is 92.7 Å². The highest BCUT2D eigenvalue weighted by molar-refractivity contribution is 6.21. The standard InChI is InChI=1S/C19H27NO5/c1-11(2)16-17(23)19(18(24)20-16,8-6-5-7-12(3)21)14-9-13(4)25-15(22)10-14/h5-6,12-14,21H,7-10H2,1-4H3,(H,20,24). The summed E-state index contributed by atoms with van der Waals surface area (Å²) in [4.78, 5) is 37.9. The van der Waals surface area contributed by atoms with Crippen molar-refractivity contribution in [2.45, 2.75) is 65.6 Å². The molecule has 4 atom stereocenters. The summed E-state index contributed by atoms with van der Waals surface area (Å²) in [5, 5.41) is 12.1. The third-order valence-electron chi connectivity index (χ3n) is 4.92. The van der Waals surface area contributed by atoms with Crippen molar-refractivity contribution in [1.29, 1.82) is 0 Å². The second-order valence-corrected chi connectivity index (χ2v) is 7.33. The lowest BCUT2D eigenvalue weighted by molar-refractivity contribution is -0.161. The average molecular weight is 349 g/mol. The zero-order chi connectivity index (χ0) is 18.8. The first-order valence-electron chi connectivity index (χ1n) is 8.74. The van der Waals surface area contributed by atoms with Gasteiger partial charge in [0.1, 0.15) is 5.41 Å². The molecule has 25 heavy (non-hydrogen) atoms. The summed E-state index contributed by atoms with van der Waals surface area (Å²) in [6, 6.07) is 0. The van der Waals surface area contributed by atoms with Gasteiger partial charge in [-0.25, -0.2) is 0 Å². The van der Waals surface area contributed by atoms with E-state index < -0.39 is 17.4 Å². The molecule has 0 aromatic heterocycles. The van der Waals surface area contributed by atoms with Gasteiger partial charge in [0.25, 0.3) is 0 Å². The lowest BCUT2D eigenvalue weighted by Gasteiger charge is -2.36. The quantitative estimate of drug-likeness (QED) is 0.343. The molecule has 1 amide bonds. The highest BCUT2D eigenvalue weighted by Crippen LogP contribution is 2.46. The van der Waals surface area contributed by atoms with Gasteiger partial charge in [0.2, 0.25) is 5.91 Å². The highest BCUT2D eigenvalue weighted by atomic mass is 16.5. The van der Waals surface area contributed by atoms with Gasteiger partial charge in [-0.15, -0.1) is 0 Å². The molecular weight excluding hydrogens is 322 g/mol. The number of ketones is 1. The predicted molar refractivity (Wildman–Crippen MR) is 92.3 cm³/mol. The van der Waals surface area contributed by atoms with Gasteiger partial charge >= 0.3 is 5.97 Å². The predicted octanol–water partition coefficient (Wildman–Crippen LogP) is 2.02. The number of aliphatic hydroxyl groups is 1. The summed E-state index contributed by atoms with van der Waals surface area (Å²) in [7, 11) is 0. The SMILES string of the molecule is CC(C)=C1NC(=O)C(CC=CCC(C)O)(C2CC(=O)OC(C)C2)C1=O. The molecule has 2 rings (SSSR count). The van der Waals surface area contributed by atoms with Crippen LogP contribution >= 0.6 is 0 Å². The van der Waals surface area contributed by atoms with Crippen molar-refractivity contribution >= 4 is 17.7 Å². The molecule has 138 valence electrons. The number of carbonyl (C=O) groups is 3. The molecule has 0 spiro atoms. The van der Waals surface area contributed by atoms with Gasteiger partial charge < -0.3 is 15.2 Å². The molecule has 6 nitrogen and oxygen atoms in total. The number of rotatable bonds is 5. The van der Waals surface area contributed by atoms with Crippen LogP contribution in [0.2, 0.25) is 0 Å². The second kappa shape index (κ2) is 7.52. The molecule has 2 aliphatic heterocycles. The van der Waals surface area contributed by atoms with Crippen LogP contribution in [0.1, 0.15) is 53.4 Å². The van der Waals surface area contributed by atoms with Crippen molar-refractivity contribution in [2.75, 3.05) is 0 Å². The van der Waals surface area contributed by atoms with E-state index >= 15 is 0 Å². The fourth-order valence-corrected chi connectivity index (χ4v) is 3.63. The third kappa shape index (κ3) is 3.84. The van der Waals surface area contributed by atoms with E-state index in [9.17, 15) is 19.5 Å². The van der Waals surface area contributed by atoms with Crippen LogP contribution in [-0.2, 0) is 19.1 Å². The molecule has 2 N–H and O–H groups in total. The van der Waals surface area contributed by atoms with Crippen LogP contribution < -0.4 is 5.32 Å². The van der Waals surface area contributed by atoms with E-state index in [1.54, 1.807) is 39.8 Å². The van der Waals surface area contributed by atoms with Crippen molar-refractivity contribution in [1.82, 2.24) is 5.32 Å². The van der Waals surface area contributed by atoms with Crippen molar-refractivity contribution < 1.29 is 24.2 Å². The van der Waals surface area contributed by atoms with Crippen LogP contribution in [-0.4, -0.2) is 35.0 Å². The molecule has 2 aliphatic rings. The number of aliphatic hydroxyl groups excluding tert-OH is 1. The van der Waals surface area contributed by atoms with E-state index in [1.807, 2.05) is 0 Å². The minimum atomic E-state index is -1.28. The zero-order valence-electron chi connectivity index (χ0n) is 15.3. The smallest absolute Gasteiger partial charge is 0.306 e. The maximum atomic E-state index is 13.1. The molecule has 2 saturated heterocycles. The van der Waals surface area contributed by atoms with Crippen LogP contribution in [0.25, 0.3) is 0 Å². The molecule has 6 heteroatoms. The first kappa shape index (κ1) is 19.4. The Balaban J connectivity index is 2.40. The van der Waals surface area contributed by atoms with Crippen molar-refractivity contribution in [3.05, 3.63) is 23.4 Å². The van der Waals surface area contributed by atoms with Crippen LogP contribution in [0.4, 0.5) is 0 Å². The molecular formula is C19H27NO5. The number of hydrogen-bond donors (Lipinski definition) is 2. The number of amides is 1. The Labute approximate surface area is 148 Å². The van der Waals surface area contributed by atoms with Crippen molar-refractivity contribution in [2.24, 2.45) is 11.3 Å². The number of ether oxygens (including phenoxy) is 1. The van der Waals surface area contributed by atoms with E-state index in [-0.39, 0.29) is 36.6 Å². The van der Waals surface area contributed by atoms with E-state index in [0.717, 1.165) is 5.57 Å². The van der Waals surface area contributed by atoms with Gasteiger partial charge in [0, 0.05) is 6.42 Å². The summed E-state index contributed by atoms with van der Waals surface area (Å²) >= 11 is 0. The molecule has 0 bridgehead atoms. The van der Waals surface area contributed by atoms with E-state index in [1.165, 1.54) is 0 Å². The molecule has 4 unspecified atom stereocenters. The minimum Gasteiger partial charge on any atom is -0.463 e. The maximum absolute atomic E-state index is 13.1. The van der Waals surface area contributed by atoms with Gasteiger partial charge in [-0.05, 0) is 58.4 Å². The van der Waals surface area contributed by atoms with Gasteiger partial charge in [0.05, 0.1) is 17.9 Å². The van der Waals surface area contributed by atoms with Crippen LogP contribution in [0.5, 0.6) is 0 Å². The van der Waals surface area contributed by atoms with Gasteiger partial charge in [-0.2, -0.15) is 0 Å². The monoisotopic (exact) mass is 349 g/mol. The number of nitrogens with one attached hydrogen (secondary N) is 1. The van der Waals surface area contributed by atoms with Gasteiger partial charge in [-0.3, -0.25) is 14.4 Å². The average Bonchev–Trinajstić information content (AvgIpc) is 2.75. The summed E-state index contributed by atoms with van der Waals surface area (Å²) in [6.07, 6.45) is 3.94. The maximum Gasteiger partial charge on any atom is 0.306 e. The minimum absolute atomic E-state index is 0.0593. The molecule has 2 heterocycles. The number of allylic oxidation sites excluding steroid dienone is 3. The Morgan fingerprint density at radius 1 is 1.36 bits per heavy atom. The van der Waals surface area contributed by atoms with Crippen LogP contribution in [0.3, 0.4) is 0 Å². The fourth-order valence-electron chi connectivity index (χ4n) is 3.63. The Bertz CT molecular complexity index is 630. The van der Waals surface area contributed by atoms with Gasteiger partial charge in [-0.1, -0.05) is 12.2 Å². The number of hydrogen-bond acceptors (Lipinski definition) is 5. The zero-order valence-corrected chi connectivity index (χ0v) is 15.3. The molecule has 0 radical (unpaired) electrons. The molecule has 0 saturated carbocycles. The van der Waals surface area contributed by atoms with E-state index in [2.05, 4.69) is 5.32 Å². The Hall–Kier alpha value is -1.95. The summed E-state index contributed by atoms with van der Waals surface area (Å²) in [6.45, 7) is 7.02. The first-order chi connectivity index (χ1) is 11.7. The molecule has 2 fully saturated rings. The van der Waals surface area contributed by atoms with Crippen LogP contribution in [0, 0.1) is 11.3 Å². The number of cyclic esters (lactones) is 1. The van der Waals surface area contributed by atoms with E-state index in [4.69, 9.17) is 4.74 Å². The van der Waals surface area contributed by atoms with Crippen molar-refractivity contribution in [3.63, 3.8) is 0 Å². The Morgan fingerprint density at radius 2 is 2.04 bits per heavy atom. The van der Waals surface area contributed by atoms with E-state index in [0.29, 0.717) is 18.5 Å². The molecule has 0 aliphatic carbocycles. The largest absolute Gasteiger partial charge is 0.463 e. The third-order valence-corrected chi connectivity index (χ3v) is 4.92. The number of esters is 1. The summed E-state index contributed by atoms with van der Waals surface area (Å²) in [5.74, 6) is -1.36. The summed E-state index contributed by atoms with van der Waals surface area (Å²) < 4.78 is 5.18. The van der Waals surface area contributed by atoms with Gasteiger partial charge in [0.15, 0.2) is 5.78 Å². The van der Waals surface area contributed by atoms with Crippen molar-refractivity contribution in [3.8, 4) is 0 Å². The number of Topliss-reactive ketones (excluding diaryl/α,β-unsaturated/α-hetero) is 1. The Kier molecular flexibility index (Phi) is 5.83. The first-order valence-corrected chi connectivity index (χ1v) is 8.74. The number of carbonyl (C=O) groups excluding carboxylic acids is 3. The Morgan fingerprint density at radius 3 is 2.56 bits per heavy atom. The lowest BCUT2D eigenvalue weighted by Crippen LogP contribution is -2.46. The molecule has 0 aromatic rings. The van der Waals surface area contributed by atoms with Crippen LogP contribution in [0.15, 0.2) is 23.4 Å². The lowest BCUT2D eigenvalue weighted by atomic mass is 9.66.